The number of nitrogens with zero attached hydrogens (tertiary/aromatic N) is 3. The van der Waals surface area contributed by atoms with E-state index in [1.54, 1.807) is 24.4 Å². The van der Waals surface area contributed by atoms with E-state index in [9.17, 15) is 9.59 Å². The zero-order chi connectivity index (χ0) is 17.4. The van der Waals surface area contributed by atoms with Crippen molar-refractivity contribution in [3.05, 3.63) is 52.6 Å². The molecule has 0 bridgehead atoms. The Bertz CT molecular complexity index is 926. The largest absolute Gasteiger partial charge is 0.393 e. The summed E-state index contributed by atoms with van der Waals surface area (Å²) >= 11 is 1.44. The van der Waals surface area contributed by atoms with Crippen molar-refractivity contribution in [1.82, 2.24) is 9.55 Å². The van der Waals surface area contributed by atoms with Crippen LogP contribution in [0.4, 0.5) is 11.5 Å². The van der Waals surface area contributed by atoms with Gasteiger partial charge < -0.3 is 15.2 Å². The monoisotopic (exact) mass is 358 g/mol. The summed E-state index contributed by atoms with van der Waals surface area (Å²) in [4.78, 5) is 32.5. The number of para-hydroxylation sites is 1. The number of ether oxygens (including phenoxy) is 1. The number of nitrogens with one attached hydrogen (secondary N) is 1. The predicted molar refractivity (Wildman–Crippen MR) is 93.2 cm³/mol. The van der Waals surface area contributed by atoms with E-state index in [0.717, 1.165) is 0 Å². The molecule has 8 nitrogen and oxygen atoms in total. The molecule has 1 amide bonds. The van der Waals surface area contributed by atoms with Crippen molar-refractivity contribution in [2.45, 2.75) is 11.7 Å². The molecule has 2 unspecified atom stereocenters. The number of rotatable bonds is 3. The van der Waals surface area contributed by atoms with E-state index >= 15 is 0 Å². The first kappa shape index (κ1) is 16.0. The Balaban J connectivity index is 1.64. The number of aliphatic imine (C=N–C) groups is 1. The number of aliphatic hydroxyl groups excluding tert-OH is 1. The number of anilines is 1. The normalized spacial score (nSPS) is 23.7. The topological polar surface area (TPSA) is 106 Å². The van der Waals surface area contributed by atoms with Gasteiger partial charge in [0.1, 0.15) is 17.4 Å². The molecule has 0 radical (unpaired) electrons. The number of carbonyl (C=O) groups is 1. The van der Waals surface area contributed by atoms with Crippen LogP contribution in [0.15, 0.2) is 46.3 Å². The van der Waals surface area contributed by atoms with Gasteiger partial charge >= 0.3 is 5.69 Å². The number of amides is 1. The minimum Gasteiger partial charge on any atom is -0.393 e. The fourth-order valence-electron chi connectivity index (χ4n) is 2.70. The molecule has 1 saturated heterocycles. The van der Waals surface area contributed by atoms with Crippen molar-refractivity contribution in [2.75, 3.05) is 17.7 Å². The third kappa shape index (κ3) is 2.97. The second-order valence-electron chi connectivity index (χ2n) is 5.47. The van der Waals surface area contributed by atoms with E-state index in [-0.39, 0.29) is 29.5 Å². The van der Waals surface area contributed by atoms with E-state index in [1.807, 2.05) is 12.1 Å². The summed E-state index contributed by atoms with van der Waals surface area (Å²) < 4.78 is 6.91. The van der Waals surface area contributed by atoms with Gasteiger partial charge in [0.05, 0.1) is 12.3 Å². The molecule has 2 N–H and O–H groups in total. The van der Waals surface area contributed by atoms with E-state index in [0.29, 0.717) is 17.0 Å². The fraction of sp³-hybridized carbons (Fsp3) is 0.250. The summed E-state index contributed by atoms with van der Waals surface area (Å²) in [5.74, 6) is 0.386. The zero-order valence-electron chi connectivity index (χ0n) is 13.0. The minimum absolute atomic E-state index is 0.108. The van der Waals surface area contributed by atoms with Crippen LogP contribution in [0.5, 0.6) is 0 Å². The molecule has 0 saturated carbocycles. The summed E-state index contributed by atoms with van der Waals surface area (Å²) in [6, 6.07) is 8.76. The van der Waals surface area contributed by atoms with Crippen LogP contribution in [0, 0.1) is 0 Å². The van der Waals surface area contributed by atoms with Crippen LogP contribution >= 0.6 is 11.8 Å². The van der Waals surface area contributed by atoms with Gasteiger partial charge in [0, 0.05) is 17.5 Å². The van der Waals surface area contributed by atoms with Gasteiger partial charge in [0.2, 0.25) is 0 Å². The number of thioether (sulfide) groups is 1. The maximum absolute atomic E-state index is 12.3. The molecule has 2 aromatic rings. The van der Waals surface area contributed by atoms with Gasteiger partial charge in [0.25, 0.3) is 5.91 Å². The van der Waals surface area contributed by atoms with Crippen LogP contribution in [-0.2, 0) is 9.53 Å². The van der Waals surface area contributed by atoms with Gasteiger partial charge in [-0.2, -0.15) is 4.98 Å². The first-order valence-corrected chi connectivity index (χ1v) is 8.67. The Morgan fingerprint density at radius 1 is 1.36 bits per heavy atom. The maximum atomic E-state index is 12.3. The van der Waals surface area contributed by atoms with Crippen molar-refractivity contribution in [1.29, 1.82) is 0 Å². The molecule has 1 aromatic carbocycles. The van der Waals surface area contributed by atoms with Crippen molar-refractivity contribution >= 4 is 34.9 Å². The first-order valence-electron chi connectivity index (χ1n) is 7.62. The lowest BCUT2D eigenvalue weighted by molar-refractivity contribution is -0.110. The second kappa shape index (κ2) is 6.43. The molecular weight excluding hydrogens is 344 g/mol. The SMILES string of the molecule is O=C1Nc2ccccc2C1=Nc1ccn(C2CSC(CO)O2)c(=O)n1. The van der Waals surface area contributed by atoms with Gasteiger partial charge in [-0.05, 0) is 12.1 Å². The van der Waals surface area contributed by atoms with Gasteiger partial charge in [-0.3, -0.25) is 9.36 Å². The third-order valence-electron chi connectivity index (χ3n) is 3.88. The summed E-state index contributed by atoms with van der Waals surface area (Å²) in [6.07, 6.45) is 1.07. The summed E-state index contributed by atoms with van der Waals surface area (Å²) in [5.41, 5.74) is 0.743. The van der Waals surface area contributed by atoms with Crippen molar-refractivity contribution < 1.29 is 14.6 Å². The molecule has 3 heterocycles. The van der Waals surface area contributed by atoms with Crippen LogP contribution in [0.25, 0.3) is 0 Å². The lowest BCUT2D eigenvalue weighted by Crippen LogP contribution is -2.28. The molecular formula is C16H14N4O4S. The van der Waals surface area contributed by atoms with Crippen molar-refractivity contribution in [3.8, 4) is 0 Å². The Kier molecular flexibility index (Phi) is 4.12. The number of hydrogen-bond acceptors (Lipinski definition) is 7. The Morgan fingerprint density at radius 2 is 2.20 bits per heavy atom. The highest BCUT2D eigenvalue weighted by Crippen LogP contribution is 2.30. The van der Waals surface area contributed by atoms with E-state index in [4.69, 9.17) is 9.84 Å². The number of fused-ring (bicyclic) bond motifs is 1. The molecule has 1 aromatic heterocycles. The molecule has 2 aliphatic rings. The van der Waals surface area contributed by atoms with E-state index < -0.39 is 11.9 Å². The molecule has 4 rings (SSSR count). The average Bonchev–Trinajstić information content (AvgIpc) is 3.20. The van der Waals surface area contributed by atoms with E-state index in [1.165, 1.54) is 16.3 Å². The summed E-state index contributed by atoms with van der Waals surface area (Å²) in [6.45, 7) is -0.108. The summed E-state index contributed by atoms with van der Waals surface area (Å²) in [5, 5.41) is 11.8. The predicted octanol–water partition coefficient (Wildman–Crippen LogP) is 0.897. The molecule has 0 aliphatic carbocycles. The van der Waals surface area contributed by atoms with Gasteiger partial charge in [-0.1, -0.05) is 18.2 Å². The summed E-state index contributed by atoms with van der Waals surface area (Å²) in [7, 11) is 0. The van der Waals surface area contributed by atoms with Gasteiger partial charge in [-0.25, -0.2) is 9.79 Å². The maximum Gasteiger partial charge on any atom is 0.351 e. The Morgan fingerprint density at radius 3 is 2.96 bits per heavy atom. The smallest absolute Gasteiger partial charge is 0.351 e. The van der Waals surface area contributed by atoms with Crippen molar-refractivity contribution in [2.24, 2.45) is 4.99 Å². The van der Waals surface area contributed by atoms with Gasteiger partial charge in [0.15, 0.2) is 5.82 Å². The highest BCUT2D eigenvalue weighted by atomic mass is 32.2. The third-order valence-corrected chi connectivity index (χ3v) is 4.99. The van der Waals surface area contributed by atoms with Crippen LogP contribution in [0.1, 0.15) is 11.8 Å². The second-order valence-corrected chi connectivity index (χ2v) is 6.66. The number of hydrogen-bond donors (Lipinski definition) is 2. The number of carbonyl (C=O) groups excluding carboxylic acids is 1. The zero-order valence-corrected chi connectivity index (χ0v) is 13.8. The molecule has 0 spiro atoms. The molecule has 128 valence electrons. The van der Waals surface area contributed by atoms with E-state index in [2.05, 4.69) is 15.3 Å². The highest BCUT2D eigenvalue weighted by molar-refractivity contribution is 8.00. The molecule has 25 heavy (non-hydrogen) atoms. The van der Waals surface area contributed by atoms with Crippen LogP contribution in [0.2, 0.25) is 0 Å². The number of aromatic nitrogens is 2. The molecule has 1 fully saturated rings. The fourth-order valence-corrected chi connectivity index (χ4v) is 3.63. The lowest BCUT2D eigenvalue weighted by atomic mass is 10.1. The van der Waals surface area contributed by atoms with Crippen LogP contribution < -0.4 is 11.0 Å². The molecule has 2 atom stereocenters. The minimum atomic E-state index is -0.516. The number of aliphatic hydroxyl groups is 1. The van der Waals surface area contributed by atoms with Gasteiger partial charge in [-0.15, -0.1) is 11.8 Å². The molecule has 2 aliphatic heterocycles. The van der Waals surface area contributed by atoms with Crippen LogP contribution in [0.3, 0.4) is 0 Å². The van der Waals surface area contributed by atoms with Crippen molar-refractivity contribution in [3.63, 3.8) is 0 Å². The van der Waals surface area contributed by atoms with Crippen LogP contribution in [-0.4, -0.2) is 44.1 Å². The average molecular weight is 358 g/mol. The first-order chi connectivity index (χ1) is 12.2. The number of benzene rings is 1. The standard InChI is InChI=1S/C16H14N4O4S/c21-7-13-24-12(8-25-13)20-6-5-11(19-16(20)23)18-14-9-3-1-2-4-10(9)17-15(14)22/h1-6,12-13,21H,7-8H2,(H,17,18,19,22,23). The Hall–Kier alpha value is -2.49. The Labute approximate surface area is 146 Å². The molecule has 9 heteroatoms. The quantitative estimate of drug-likeness (QED) is 0.844. The lowest BCUT2D eigenvalue weighted by Gasteiger charge is -2.13. The highest BCUT2D eigenvalue weighted by Gasteiger charge is 2.28.